The second-order valence-corrected chi connectivity index (χ2v) is 5.37. The highest BCUT2D eigenvalue weighted by molar-refractivity contribution is 5.77. The topological polar surface area (TPSA) is 59.6 Å². The van der Waals surface area contributed by atoms with Crippen molar-refractivity contribution >= 4 is 5.91 Å². The minimum absolute atomic E-state index is 0.0810. The second kappa shape index (κ2) is 6.24. The first-order valence-electron chi connectivity index (χ1n) is 6.81. The van der Waals surface area contributed by atoms with Crippen molar-refractivity contribution in [1.82, 2.24) is 10.6 Å². The van der Waals surface area contributed by atoms with E-state index >= 15 is 0 Å². The zero-order chi connectivity index (χ0) is 14.6. The van der Waals surface area contributed by atoms with Crippen molar-refractivity contribution in [3.05, 3.63) is 29.8 Å². The number of amides is 1. The van der Waals surface area contributed by atoms with E-state index in [4.69, 9.17) is 9.47 Å². The summed E-state index contributed by atoms with van der Waals surface area (Å²) in [5, 5.41) is 6.06. The Balaban J connectivity index is 1.87. The summed E-state index contributed by atoms with van der Waals surface area (Å²) in [6.45, 7) is 5.60. The van der Waals surface area contributed by atoms with Crippen molar-refractivity contribution in [3.8, 4) is 5.75 Å². The van der Waals surface area contributed by atoms with Gasteiger partial charge in [-0.05, 0) is 19.9 Å². The van der Waals surface area contributed by atoms with Gasteiger partial charge in [-0.3, -0.25) is 4.79 Å². The number of carbonyl (C=O) groups is 1. The molecule has 1 unspecified atom stereocenters. The molecule has 1 atom stereocenters. The van der Waals surface area contributed by atoms with Crippen LogP contribution < -0.4 is 15.4 Å². The van der Waals surface area contributed by atoms with Crippen LogP contribution >= 0.6 is 0 Å². The molecule has 1 heterocycles. The molecule has 0 aliphatic carbocycles. The Morgan fingerprint density at radius 2 is 2.15 bits per heavy atom. The number of hydrogen-bond acceptors (Lipinski definition) is 4. The molecule has 0 spiro atoms. The SMILES string of the molecule is COc1ccccc1C(C)NC(=O)COC1(C)CNC1. The molecule has 1 saturated heterocycles. The quantitative estimate of drug-likeness (QED) is 0.822. The molecule has 1 aromatic rings. The smallest absolute Gasteiger partial charge is 0.246 e. The molecule has 0 saturated carbocycles. The van der Waals surface area contributed by atoms with Gasteiger partial charge in [-0.1, -0.05) is 18.2 Å². The van der Waals surface area contributed by atoms with Gasteiger partial charge < -0.3 is 20.1 Å². The van der Waals surface area contributed by atoms with Crippen LogP contribution in [0.1, 0.15) is 25.5 Å². The van der Waals surface area contributed by atoms with Crippen LogP contribution in [0.5, 0.6) is 5.75 Å². The van der Waals surface area contributed by atoms with Crippen LogP contribution in [0.4, 0.5) is 0 Å². The largest absolute Gasteiger partial charge is 0.496 e. The first-order chi connectivity index (χ1) is 9.54. The molecule has 1 aliphatic heterocycles. The molecule has 2 N–H and O–H groups in total. The first kappa shape index (κ1) is 14.8. The standard InChI is InChI=1S/C15H22N2O3/c1-11(12-6-4-5-7-13(12)19-3)17-14(18)8-20-15(2)9-16-10-15/h4-7,11,16H,8-10H2,1-3H3,(H,17,18). The average Bonchev–Trinajstić information content (AvgIpc) is 2.43. The van der Waals surface area contributed by atoms with Gasteiger partial charge in [-0.2, -0.15) is 0 Å². The average molecular weight is 278 g/mol. The van der Waals surface area contributed by atoms with Gasteiger partial charge >= 0.3 is 0 Å². The molecular formula is C15H22N2O3. The molecule has 0 radical (unpaired) electrons. The lowest BCUT2D eigenvalue weighted by molar-refractivity contribution is -0.136. The monoisotopic (exact) mass is 278 g/mol. The van der Waals surface area contributed by atoms with E-state index in [1.807, 2.05) is 38.1 Å². The van der Waals surface area contributed by atoms with Crippen LogP contribution in [0.2, 0.25) is 0 Å². The zero-order valence-electron chi connectivity index (χ0n) is 12.2. The van der Waals surface area contributed by atoms with E-state index < -0.39 is 0 Å². The Morgan fingerprint density at radius 3 is 2.75 bits per heavy atom. The minimum Gasteiger partial charge on any atom is -0.496 e. The number of hydrogen-bond donors (Lipinski definition) is 2. The lowest BCUT2D eigenvalue weighted by Crippen LogP contribution is -2.59. The van der Waals surface area contributed by atoms with Crippen molar-refractivity contribution in [1.29, 1.82) is 0 Å². The molecule has 1 fully saturated rings. The summed E-state index contributed by atoms with van der Waals surface area (Å²) in [7, 11) is 1.63. The number of nitrogens with one attached hydrogen (secondary N) is 2. The van der Waals surface area contributed by atoms with Gasteiger partial charge in [0, 0.05) is 18.7 Å². The molecule has 2 rings (SSSR count). The predicted molar refractivity (Wildman–Crippen MR) is 76.8 cm³/mol. The van der Waals surface area contributed by atoms with Crippen LogP contribution in [-0.2, 0) is 9.53 Å². The fourth-order valence-electron chi connectivity index (χ4n) is 2.20. The Kier molecular flexibility index (Phi) is 4.62. The maximum atomic E-state index is 11.9. The third kappa shape index (κ3) is 3.49. The van der Waals surface area contributed by atoms with E-state index in [0.717, 1.165) is 24.4 Å². The maximum absolute atomic E-state index is 11.9. The summed E-state index contributed by atoms with van der Waals surface area (Å²) in [5.74, 6) is 0.660. The zero-order valence-corrected chi connectivity index (χ0v) is 12.2. The van der Waals surface area contributed by atoms with Gasteiger partial charge in [0.2, 0.25) is 5.91 Å². The third-order valence-electron chi connectivity index (χ3n) is 3.53. The Morgan fingerprint density at radius 1 is 1.45 bits per heavy atom. The lowest BCUT2D eigenvalue weighted by atomic mass is 10.0. The van der Waals surface area contributed by atoms with E-state index in [0.29, 0.717) is 0 Å². The van der Waals surface area contributed by atoms with E-state index in [2.05, 4.69) is 10.6 Å². The number of para-hydroxylation sites is 1. The van der Waals surface area contributed by atoms with Gasteiger partial charge in [0.1, 0.15) is 12.4 Å². The third-order valence-corrected chi connectivity index (χ3v) is 3.53. The predicted octanol–water partition coefficient (Wildman–Crippen LogP) is 1.25. The highest BCUT2D eigenvalue weighted by Gasteiger charge is 2.33. The van der Waals surface area contributed by atoms with Crippen LogP contribution in [0.25, 0.3) is 0 Å². The van der Waals surface area contributed by atoms with Crippen molar-refractivity contribution in [2.45, 2.75) is 25.5 Å². The van der Waals surface area contributed by atoms with Crippen LogP contribution in [0, 0.1) is 0 Å². The molecule has 5 heteroatoms. The molecule has 0 aromatic heterocycles. The number of carbonyl (C=O) groups excluding carboxylic acids is 1. The van der Waals surface area contributed by atoms with E-state index in [1.165, 1.54) is 0 Å². The van der Waals surface area contributed by atoms with Crippen molar-refractivity contribution in [2.24, 2.45) is 0 Å². The lowest BCUT2D eigenvalue weighted by Gasteiger charge is -2.38. The van der Waals surface area contributed by atoms with Gasteiger partial charge in [-0.15, -0.1) is 0 Å². The number of benzene rings is 1. The molecule has 5 nitrogen and oxygen atoms in total. The normalized spacial score (nSPS) is 17.9. The number of rotatable bonds is 6. The Hall–Kier alpha value is -1.59. The summed E-state index contributed by atoms with van der Waals surface area (Å²) in [5.41, 5.74) is 0.755. The molecule has 1 aromatic carbocycles. The van der Waals surface area contributed by atoms with Gasteiger partial charge in [0.15, 0.2) is 0 Å². The molecule has 0 bridgehead atoms. The van der Waals surface area contributed by atoms with E-state index in [9.17, 15) is 4.79 Å². The van der Waals surface area contributed by atoms with Crippen molar-refractivity contribution < 1.29 is 14.3 Å². The van der Waals surface area contributed by atoms with Gasteiger partial charge in [0.05, 0.1) is 18.8 Å². The fourth-order valence-corrected chi connectivity index (χ4v) is 2.20. The highest BCUT2D eigenvalue weighted by atomic mass is 16.5. The van der Waals surface area contributed by atoms with Crippen molar-refractivity contribution in [2.75, 3.05) is 26.8 Å². The first-order valence-corrected chi connectivity index (χ1v) is 6.81. The summed E-state index contributed by atoms with van der Waals surface area (Å²) in [4.78, 5) is 11.9. The molecule has 20 heavy (non-hydrogen) atoms. The molecule has 110 valence electrons. The minimum atomic E-state index is -0.203. The number of ether oxygens (including phenoxy) is 2. The summed E-state index contributed by atoms with van der Waals surface area (Å²) < 4.78 is 10.9. The van der Waals surface area contributed by atoms with Crippen LogP contribution in [0.3, 0.4) is 0 Å². The molecule has 1 amide bonds. The summed E-state index contributed by atoms with van der Waals surface area (Å²) in [6, 6.07) is 7.55. The Bertz CT molecular complexity index is 472. The second-order valence-electron chi connectivity index (χ2n) is 5.37. The molecular weight excluding hydrogens is 256 g/mol. The van der Waals surface area contributed by atoms with E-state index in [-0.39, 0.29) is 24.2 Å². The van der Waals surface area contributed by atoms with Gasteiger partial charge in [0.25, 0.3) is 0 Å². The fraction of sp³-hybridized carbons (Fsp3) is 0.533. The summed E-state index contributed by atoms with van der Waals surface area (Å²) in [6.07, 6.45) is 0. The van der Waals surface area contributed by atoms with Crippen LogP contribution in [0.15, 0.2) is 24.3 Å². The van der Waals surface area contributed by atoms with Gasteiger partial charge in [-0.25, -0.2) is 0 Å². The Labute approximate surface area is 119 Å². The van der Waals surface area contributed by atoms with E-state index in [1.54, 1.807) is 7.11 Å². The van der Waals surface area contributed by atoms with Crippen LogP contribution in [-0.4, -0.2) is 38.3 Å². The van der Waals surface area contributed by atoms with Crippen molar-refractivity contribution in [3.63, 3.8) is 0 Å². The number of methoxy groups -OCH3 is 1. The highest BCUT2D eigenvalue weighted by Crippen LogP contribution is 2.24. The maximum Gasteiger partial charge on any atom is 0.246 e. The summed E-state index contributed by atoms with van der Waals surface area (Å²) >= 11 is 0. The molecule has 1 aliphatic rings.